The summed E-state index contributed by atoms with van der Waals surface area (Å²) in [4.78, 5) is 16.3. The number of halogens is 2. The molecule has 0 spiro atoms. The topological polar surface area (TPSA) is 35.6 Å². The van der Waals surface area contributed by atoms with Gasteiger partial charge in [0.1, 0.15) is 11.6 Å². The third kappa shape index (κ3) is 5.00. The fraction of sp³-hybridized carbons (Fsp3) is 0.316. The van der Waals surface area contributed by atoms with Gasteiger partial charge in [0.25, 0.3) is 0 Å². The van der Waals surface area contributed by atoms with E-state index in [2.05, 4.69) is 10.2 Å². The van der Waals surface area contributed by atoms with Crippen molar-refractivity contribution >= 4 is 6.03 Å². The molecule has 25 heavy (non-hydrogen) atoms. The fourth-order valence-corrected chi connectivity index (χ4v) is 2.85. The van der Waals surface area contributed by atoms with Gasteiger partial charge in [0, 0.05) is 39.3 Å². The molecule has 1 aliphatic rings. The zero-order valence-corrected chi connectivity index (χ0v) is 13.9. The number of benzene rings is 2. The van der Waals surface area contributed by atoms with Crippen LogP contribution in [0.5, 0.6) is 0 Å². The molecule has 1 heterocycles. The van der Waals surface area contributed by atoms with Crippen molar-refractivity contribution in [2.75, 3.05) is 26.2 Å². The number of carbonyl (C=O) groups is 1. The third-order valence-electron chi connectivity index (χ3n) is 4.34. The lowest BCUT2D eigenvalue weighted by molar-refractivity contribution is 0.135. The first-order chi connectivity index (χ1) is 12.1. The molecule has 0 aliphatic carbocycles. The van der Waals surface area contributed by atoms with Gasteiger partial charge in [-0.2, -0.15) is 0 Å². The van der Waals surface area contributed by atoms with E-state index in [0.717, 1.165) is 30.8 Å². The van der Waals surface area contributed by atoms with Crippen molar-refractivity contribution in [2.24, 2.45) is 0 Å². The Hall–Kier alpha value is -2.47. The number of urea groups is 1. The van der Waals surface area contributed by atoms with Gasteiger partial charge >= 0.3 is 6.03 Å². The Labute approximate surface area is 146 Å². The van der Waals surface area contributed by atoms with E-state index in [1.165, 1.54) is 24.3 Å². The summed E-state index contributed by atoms with van der Waals surface area (Å²) in [5.41, 5.74) is 1.93. The SMILES string of the molecule is O=C(NCc1ccc(F)cc1)N1CCN(Cc2ccc(F)cc2)CC1. The van der Waals surface area contributed by atoms with Gasteiger partial charge in [-0.25, -0.2) is 13.6 Å². The van der Waals surface area contributed by atoms with Crippen LogP contribution in [-0.4, -0.2) is 42.0 Å². The second-order valence-electron chi connectivity index (χ2n) is 6.17. The molecule has 0 aromatic heterocycles. The summed E-state index contributed by atoms with van der Waals surface area (Å²) in [6, 6.07) is 12.5. The molecule has 2 aromatic carbocycles. The fourth-order valence-electron chi connectivity index (χ4n) is 2.85. The standard InChI is InChI=1S/C19H21F2N3O/c20-17-5-1-15(2-6-17)13-22-19(25)24-11-9-23(10-12-24)14-16-3-7-18(21)8-4-16/h1-8H,9-14H2,(H,22,25). The Morgan fingerprint density at radius 3 is 1.92 bits per heavy atom. The van der Waals surface area contributed by atoms with Crippen LogP contribution in [0.25, 0.3) is 0 Å². The number of amides is 2. The molecule has 1 saturated heterocycles. The summed E-state index contributed by atoms with van der Waals surface area (Å²) in [6.45, 7) is 4.00. The van der Waals surface area contributed by atoms with E-state index < -0.39 is 0 Å². The summed E-state index contributed by atoms with van der Waals surface area (Å²) in [5, 5.41) is 2.86. The highest BCUT2D eigenvalue weighted by molar-refractivity contribution is 5.74. The summed E-state index contributed by atoms with van der Waals surface area (Å²) in [5.74, 6) is -0.515. The molecule has 1 fully saturated rings. The largest absolute Gasteiger partial charge is 0.334 e. The summed E-state index contributed by atoms with van der Waals surface area (Å²) in [6.07, 6.45) is 0. The summed E-state index contributed by atoms with van der Waals surface area (Å²) >= 11 is 0. The van der Waals surface area contributed by atoms with Gasteiger partial charge in [-0.15, -0.1) is 0 Å². The molecule has 132 valence electrons. The van der Waals surface area contributed by atoms with Crippen LogP contribution in [0, 0.1) is 11.6 Å². The Bertz CT molecular complexity index is 696. The van der Waals surface area contributed by atoms with Gasteiger partial charge in [0.2, 0.25) is 0 Å². The van der Waals surface area contributed by atoms with Gasteiger partial charge in [0.05, 0.1) is 0 Å². The van der Waals surface area contributed by atoms with E-state index in [1.807, 2.05) is 0 Å². The van der Waals surface area contributed by atoms with Crippen molar-refractivity contribution in [3.8, 4) is 0 Å². The van der Waals surface area contributed by atoms with Crippen LogP contribution >= 0.6 is 0 Å². The maximum Gasteiger partial charge on any atom is 0.317 e. The van der Waals surface area contributed by atoms with Crippen LogP contribution in [0.4, 0.5) is 13.6 Å². The number of nitrogens with one attached hydrogen (secondary N) is 1. The first-order valence-corrected chi connectivity index (χ1v) is 8.34. The van der Waals surface area contributed by atoms with Crippen molar-refractivity contribution in [1.29, 1.82) is 0 Å². The van der Waals surface area contributed by atoms with E-state index >= 15 is 0 Å². The quantitative estimate of drug-likeness (QED) is 0.925. The lowest BCUT2D eigenvalue weighted by atomic mass is 10.2. The second kappa shape index (κ2) is 8.07. The molecule has 0 radical (unpaired) electrons. The smallest absolute Gasteiger partial charge is 0.317 e. The maximum absolute atomic E-state index is 12.9. The Balaban J connectivity index is 1.42. The molecule has 1 N–H and O–H groups in total. The zero-order chi connectivity index (χ0) is 17.6. The molecule has 4 nitrogen and oxygen atoms in total. The van der Waals surface area contributed by atoms with Crippen LogP contribution in [-0.2, 0) is 13.1 Å². The highest BCUT2D eigenvalue weighted by Gasteiger charge is 2.20. The number of nitrogens with zero attached hydrogens (tertiary/aromatic N) is 2. The van der Waals surface area contributed by atoms with E-state index in [1.54, 1.807) is 29.2 Å². The van der Waals surface area contributed by atoms with Crippen molar-refractivity contribution < 1.29 is 13.6 Å². The predicted molar refractivity (Wildman–Crippen MR) is 91.9 cm³/mol. The zero-order valence-electron chi connectivity index (χ0n) is 13.9. The first kappa shape index (κ1) is 17.4. The van der Waals surface area contributed by atoms with Gasteiger partial charge in [-0.05, 0) is 35.4 Å². The molecule has 0 atom stereocenters. The van der Waals surface area contributed by atoms with Crippen LogP contribution in [0.2, 0.25) is 0 Å². The number of piperazine rings is 1. The third-order valence-corrected chi connectivity index (χ3v) is 4.34. The molecule has 1 aliphatic heterocycles. The maximum atomic E-state index is 12.9. The number of carbonyl (C=O) groups excluding carboxylic acids is 1. The molecule has 2 amide bonds. The number of hydrogen-bond donors (Lipinski definition) is 1. The molecular formula is C19H21F2N3O. The number of rotatable bonds is 4. The Morgan fingerprint density at radius 1 is 0.840 bits per heavy atom. The van der Waals surface area contributed by atoms with Gasteiger partial charge in [-0.1, -0.05) is 24.3 Å². The Kier molecular flexibility index (Phi) is 5.60. The lowest BCUT2D eigenvalue weighted by Crippen LogP contribution is -2.51. The molecular weight excluding hydrogens is 324 g/mol. The Morgan fingerprint density at radius 2 is 1.36 bits per heavy atom. The van der Waals surface area contributed by atoms with Crippen molar-refractivity contribution in [3.63, 3.8) is 0 Å². The lowest BCUT2D eigenvalue weighted by Gasteiger charge is -2.34. The minimum atomic E-state index is -0.285. The van der Waals surface area contributed by atoms with E-state index in [4.69, 9.17) is 0 Å². The van der Waals surface area contributed by atoms with Crippen LogP contribution < -0.4 is 5.32 Å². The predicted octanol–water partition coefficient (Wildman–Crippen LogP) is 2.99. The molecule has 2 aromatic rings. The minimum Gasteiger partial charge on any atom is -0.334 e. The molecule has 3 rings (SSSR count). The van der Waals surface area contributed by atoms with Crippen molar-refractivity contribution in [3.05, 3.63) is 71.3 Å². The average molecular weight is 345 g/mol. The molecule has 0 saturated carbocycles. The molecule has 0 unspecified atom stereocenters. The molecule has 0 bridgehead atoms. The first-order valence-electron chi connectivity index (χ1n) is 8.34. The van der Waals surface area contributed by atoms with E-state index in [-0.39, 0.29) is 17.7 Å². The van der Waals surface area contributed by atoms with Gasteiger partial charge in [0.15, 0.2) is 0 Å². The van der Waals surface area contributed by atoms with Crippen molar-refractivity contribution in [2.45, 2.75) is 13.1 Å². The van der Waals surface area contributed by atoms with Crippen LogP contribution in [0.3, 0.4) is 0 Å². The van der Waals surface area contributed by atoms with Crippen LogP contribution in [0.1, 0.15) is 11.1 Å². The summed E-state index contributed by atoms with van der Waals surface area (Å²) < 4.78 is 25.8. The average Bonchev–Trinajstić information content (AvgIpc) is 2.63. The molecule has 6 heteroatoms. The normalized spacial score (nSPS) is 15.2. The minimum absolute atomic E-state index is 0.106. The second-order valence-corrected chi connectivity index (χ2v) is 6.17. The van der Waals surface area contributed by atoms with Gasteiger partial charge in [-0.3, -0.25) is 4.90 Å². The van der Waals surface area contributed by atoms with Crippen LogP contribution in [0.15, 0.2) is 48.5 Å². The monoisotopic (exact) mass is 345 g/mol. The van der Waals surface area contributed by atoms with E-state index in [0.29, 0.717) is 19.6 Å². The van der Waals surface area contributed by atoms with Crippen molar-refractivity contribution in [1.82, 2.24) is 15.1 Å². The summed E-state index contributed by atoms with van der Waals surface area (Å²) in [7, 11) is 0. The van der Waals surface area contributed by atoms with E-state index in [9.17, 15) is 13.6 Å². The highest BCUT2D eigenvalue weighted by atomic mass is 19.1. The highest BCUT2D eigenvalue weighted by Crippen LogP contribution is 2.10. The number of hydrogen-bond acceptors (Lipinski definition) is 2. The van der Waals surface area contributed by atoms with Gasteiger partial charge < -0.3 is 10.2 Å².